The van der Waals surface area contributed by atoms with Crippen LogP contribution in [0.4, 0.5) is 5.82 Å². The first-order chi connectivity index (χ1) is 13.2. The molecule has 1 N–H and O–H groups in total. The van der Waals surface area contributed by atoms with Gasteiger partial charge >= 0.3 is 0 Å². The molecule has 144 valence electrons. The fraction of sp³-hybridized carbons (Fsp3) is 0.579. The lowest BCUT2D eigenvalue weighted by Crippen LogP contribution is -2.53. The van der Waals surface area contributed by atoms with E-state index in [1.165, 1.54) is 0 Å². The van der Waals surface area contributed by atoms with Crippen LogP contribution in [0.2, 0.25) is 0 Å². The highest BCUT2D eigenvalue weighted by Gasteiger charge is 2.24. The Labute approximate surface area is 160 Å². The summed E-state index contributed by atoms with van der Waals surface area (Å²) in [5.74, 6) is 4.78. The molecule has 1 fully saturated rings. The van der Waals surface area contributed by atoms with Crippen LogP contribution in [-0.4, -0.2) is 70.4 Å². The first-order valence-electron chi connectivity index (χ1n) is 9.75. The van der Waals surface area contributed by atoms with E-state index in [1.807, 2.05) is 32.3 Å². The maximum absolute atomic E-state index is 4.51. The van der Waals surface area contributed by atoms with E-state index in [0.717, 1.165) is 75.5 Å². The molecular formula is C19H28N8. The second kappa shape index (κ2) is 7.94. The molecule has 1 saturated heterocycles. The molecule has 0 radical (unpaired) electrons. The van der Waals surface area contributed by atoms with E-state index < -0.39 is 0 Å². The molecule has 0 aliphatic carbocycles. The van der Waals surface area contributed by atoms with E-state index in [9.17, 15) is 0 Å². The van der Waals surface area contributed by atoms with Crippen molar-refractivity contribution in [2.75, 3.05) is 44.7 Å². The summed E-state index contributed by atoms with van der Waals surface area (Å²) in [6.07, 6.45) is 4.01. The topological polar surface area (TPSA) is 74.5 Å². The van der Waals surface area contributed by atoms with Gasteiger partial charge in [-0.1, -0.05) is 6.07 Å². The number of piperazine rings is 1. The van der Waals surface area contributed by atoms with Gasteiger partial charge in [-0.15, -0.1) is 10.2 Å². The fourth-order valence-electron chi connectivity index (χ4n) is 3.95. The Balaban J connectivity index is 1.29. The van der Waals surface area contributed by atoms with Crippen molar-refractivity contribution in [3.05, 3.63) is 36.0 Å². The van der Waals surface area contributed by atoms with E-state index >= 15 is 0 Å². The minimum atomic E-state index is 0.582. The minimum absolute atomic E-state index is 0.582. The van der Waals surface area contributed by atoms with E-state index in [0.29, 0.717) is 5.92 Å². The Hall–Kier alpha value is -2.64. The molecule has 27 heavy (non-hydrogen) atoms. The van der Waals surface area contributed by atoms with E-state index in [2.05, 4.69) is 45.9 Å². The molecule has 2 aromatic rings. The van der Waals surface area contributed by atoms with Gasteiger partial charge in [0.05, 0.1) is 0 Å². The average molecular weight is 368 g/mol. The summed E-state index contributed by atoms with van der Waals surface area (Å²) < 4.78 is 2.25. The van der Waals surface area contributed by atoms with Crippen LogP contribution in [0.1, 0.15) is 18.1 Å². The maximum Gasteiger partial charge on any atom is 0.193 e. The SMILES string of the molecule is CN=C(NCC1CCc2nnc(C)n2C1)N1CCN(c2ccccn2)CC1. The zero-order valence-electron chi connectivity index (χ0n) is 16.2. The molecule has 1 atom stereocenters. The van der Waals surface area contributed by atoms with Gasteiger partial charge in [-0.25, -0.2) is 4.98 Å². The van der Waals surface area contributed by atoms with Gasteiger partial charge in [0.1, 0.15) is 17.5 Å². The minimum Gasteiger partial charge on any atom is -0.356 e. The van der Waals surface area contributed by atoms with Crippen molar-refractivity contribution in [3.8, 4) is 0 Å². The van der Waals surface area contributed by atoms with Crippen LogP contribution in [0.3, 0.4) is 0 Å². The molecule has 0 amide bonds. The second-order valence-corrected chi connectivity index (χ2v) is 7.27. The number of anilines is 1. The summed E-state index contributed by atoms with van der Waals surface area (Å²) in [4.78, 5) is 13.7. The summed E-state index contributed by atoms with van der Waals surface area (Å²) in [6, 6.07) is 6.08. The van der Waals surface area contributed by atoms with Gasteiger partial charge in [-0.3, -0.25) is 4.99 Å². The number of rotatable bonds is 3. The molecule has 2 aliphatic rings. The van der Waals surface area contributed by atoms with Crippen molar-refractivity contribution in [3.63, 3.8) is 0 Å². The Morgan fingerprint density at radius 1 is 1.22 bits per heavy atom. The lowest BCUT2D eigenvalue weighted by atomic mass is 9.99. The Bertz CT molecular complexity index is 776. The summed E-state index contributed by atoms with van der Waals surface area (Å²) >= 11 is 0. The van der Waals surface area contributed by atoms with Crippen LogP contribution in [0.15, 0.2) is 29.4 Å². The van der Waals surface area contributed by atoms with Crippen molar-refractivity contribution in [1.29, 1.82) is 0 Å². The average Bonchev–Trinajstić information content (AvgIpc) is 3.10. The van der Waals surface area contributed by atoms with E-state index in [4.69, 9.17) is 0 Å². The quantitative estimate of drug-likeness (QED) is 0.642. The third kappa shape index (κ3) is 3.89. The number of aryl methyl sites for hydroxylation is 2. The Kier molecular flexibility index (Phi) is 5.22. The number of hydrogen-bond acceptors (Lipinski definition) is 5. The lowest BCUT2D eigenvalue weighted by Gasteiger charge is -2.37. The standard InChI is InChI=1S/C19H28N8/c1-15-23-24-18-7-6-16(14-27(15)18)13-22-19(20-2)26-11-9-25(10-12-26)17-5-3-4-8-21-17/h3-5,8,16H,6-7,9-14H2,1-2H3,(H,20,22). The molecule has 1 unspecified atom stereocenters. The van der Waals surface area contributed by atoms with Crippen molar-refractivity contribution in [2.24, 2.45) is 10.9 Å². The number of hydrogen-bond donors (Lipinski definition) is 1. The highest BCUT2D eigenvalue weighted by atomic mass is 15.4. The van der Waals surface area contributed by atoms with E-state index in [-0.39, 0.29) is 0 Å². The van der Waals surface area contributed by atoms with Crippen molar-refractivity contribution < 1.29 is 0 Å². The third-order valence-electron chi connectivity index (χ3n) is 5.54. The van der Waals surface area contributed by atoms with Gasteiger partial charge in [0, 0.05) is 58.9 Å². The van der Waals surface area contributed by atoms with Gasteiger partial charge in [-0.2, -0.15) is 0 Å². The van der Waals surface area contributed by atoms with Gasteiger partial charge in [0.15, 0.2) is 5.96 Å². The maximum atomic E-state index is 4.51. The first kappa shape index (κ1) is 17.8. The molecule has 0 saturated carbocycles. The highest BCUT2D eigenvalue weighted by Crippen LogP contribution is 2.19. The van der Waals surface area contributed by atoms with Crippen LogP contribution in [0.5, 0.6) is 0 Å². The number of aliphatic imine (C=N–C) groups is 1. The number of pyridine rings is 1. The molecule has 4 heterocycles. The summed E-state index contributed by atoms with van der Waals surface area (Å²) in [6.45, 7) is 7.79. The predicted molar refractivity (Wildman–Crippen MR) is 106 cm³/mol. The van der Waals surface area contributed by atoms with Crippen molar-refractivity contribution in [1.82, 2.24) is 30.0 Å². The summed E-state index contributed by atoms with van der Waals surface area (Å²) in [5, 5.41) is 12.1. The number of nitrogens with zero attached hydrogens (tertiary/aromatic N) is 7. The van der Waals surface area contributed by atoms with Crippen molar-refractivity contribution in [2.45, 2.75) is 26.3 Å². The van der Waals surface area contributed by atoms with Crippen molar-refractivity contribution >= 4 is 11.8 Å². The normalized spacial score (nSPS) is 20.5. The monoisotopic (exact) mass is 368 g/mol. The largest absolute Gasteiger partial charge is 0.356 e. The zero-order valence-corrected chi connectivity index (χ0v) is 16.2. The van der Waals surface area contributed by atoms with Crippen LogP contribution >= 0.6 is 0 Å². The van der Waals surface area contributed by atoms with Crippen LogP contribution < -0.4 is 10.2 Å². The summed E-state index contributed by atoms with van der Waals surface area (Å²) in [7, 11) is 1.87. The molecule has 0 aromatic carbocycles. The molecule has 2 aromatic heterocycles. The number of fused-ring (bicyclic) bond motifs is 1. The van der Waals surface area contributed by atoms with Gasteiger partial charge in [0.2, 0.25) is 0 Å². The Morgan fingerprint density at radius 3 is 2.81 bits per heavy atom. The predicted octanol–water partition coefficient (Wildman–Crippen LogP) is 0.942. The first-order valence-corrected chi connectivity index (χ1v) is 9.75. The highest BCUT2D eigenvalue weighted by molar-refractivity contribution is 5.80. The Morgan fingerprint density at radius 2 is 2.07 bits per heavy atom. The molecule has 8 nitrogen and oxygen atoms in total. The molecule has 4 rings (SSSR count). The zero-order chi connectivity index (χ0) is 18.6. The smallest absolute Gasteiger partial charge is 0.193 e. The molecule has 2 aliphatic heterocycles. The van der Waals surface area contributed by atoms with Gasteiger partial charge in [-0.05, 0) is 31.4 Å². The van der Waals surface area contributed by atoms with Gasteiger partial charge in [0.25, 0.3) is 0 Å². The van der Waals surface area contributed by atoms with Crippen LogP contribution in [0, 0.1) is 12.8 Å². The fourth-order valence-corrected chi connectivity index (χ4v) is 3.95. The molecule has 0 bridgehead atoms. The van der Waals surface area contributed by atoms with Gasteiger partial charge < -0.3 is 19.7 Å². The number of aromatic nitrogens is 4. The van der Waals surface area contributed by atoms with E-state index in [1.54, 1.807) is 0 Å². The summed E-state index contributed by atoms with van der Waals surface area (Å²) in [5.41, 5.74) is 0. The van der Waals surface area contributed by atoms with Crippen LogP contribution in [0.25, 0.3) is 0 Å². The lowest BCUT2D eigenvalue weighted by molar-refractivity contribution is 0.338. The van der Waals surface area contributed by atoms with Crippen LogP contribution in [-0.2, 0) is 13.0 Å². The number of nitrogens with one attached hydrogen (secondary N) is 1. The molecule has 8 heteroatoms. The molecule has 0 spiro atoms. The molecular weight excluding hydrogens is 340 g/mol. The second-order valence-electron chi connectivity index (χ2n) is 7.27. The number of guanidine groups is 1. The third-order valence-corrected chi connectivity index (χ3v) is 5.54.